The Labute approximate surface area is 106 Å². The highest BCUT2D eigenvalue weighted by Crippen LogP contribution is 2.30. The number of piperidine rings is 1. The maximum absolute atomic E-state index is 12.3. The molecular formula is C13H18N2OS. The van der Waals surface area contributed by atoms with E-state index in [0.717, 1.165) is 17.7 Å². The first-order chi connectivity index (χ1) is 8.24. The van der Waals surface area contributed by atoms with E-state index in [1.807, 2.05) is 29.5 Å². The summed E-state index contributed by atoms with van der Waals surface area (Å²) in [6.45, 7) is 0. The molecule has 17 heavy (non-hydrogen) atoms. The summed E-state index contributed by atoms with van der Waals surface area (Å²) in [5, 5.41) is 5.58. The van der Waals surface area contributed by atoms with E-state index in [1.54, 1.807) is 0 Å². The number of rotatable bonds is 2. The van der Waals surface area contributed by atoms with Crippen LogP contribution in [0.15, 0.2) is 17.5 Å². The highest BCUT2D eigenvalue weighted by Gasteiger charge is 2.36. The smallest absolute Gasteiger partial charge is 0.263 e. The molecule has 2 fully saturated rings. The zero-order chi connectivity index (χ0) is 11.8. The van der Waals surface area contributed by atoms with Gasteiger partial charge in [0.1, 0.15) is 0 Å². The summed E-state index contributed by atoms with van der Waals surface area (Å²) < 4.78 is 0. The van der Waals surface area contributed by atoms with Gasteiger partial charge in [-0.3, -0.25) is 4.79 Å². The van der Waals surface area contributed by atoms with Crippen molar-refractivity contribution in [1.29, 1.82) is 0 Å². The second kappa shape index (κ2) is 4.42. The Balaban J connectivity index is 1.70. The fourth-order valence-electron chi connectivity index (χ4n) is 3.08. The van der Waals surface area contributed by atoms with Crippen LogP contribution in [0.5, 0.6) is 0 Å². The van der Waals surface area contributed by atoms with Gasteiger partial charge in [-0.05, 0) is 37.1 Å². The molecule has 2 aliphatic rings. The van der Waals surface area contributed by atoms with Gasteiger partial charge in [0.25, 0.3) is 5.91 Å². The molecule has 0 spiro atoms. The molecule has 3 heterocycles. The maximum Gasteiger partial charge on any atom is 0.263 e. The topological polar surface area (TPSA) is 32.3 Å². The summed E-state index contributed by atoms with van der Waals surface area (Å²) in [5.74, 6) is 0.186. The average molecular weight is 250 g/mol. The summed E-state index contributed by atoms with van der Waals surface area (Å²) in [6.07, 6.45) is 4.79. The first-order valence-corrected chi connectivity index (χ1v) is 7.18. The zero-order valence-corrected chi connectivity index (χ0v) is 10.9. The van der Waals surface area contributed by atoms with E-state index in [0.29, 0.717) is 18.1 Å². The number of carbonyl (C=O) groups excluding carboxylic acids is 1. The minimum Gasteiger partial charge on any atom is -0.338 e. The highest BCUT2D eigenvalue weighted by molar-refractivity contribution is 7.12. The van der Waals surface area contributed by atoms with Gasteiger partial charge in [-0.2, -0.15) is 0 Å². The highest BCUT2D eigenvalue weighted by atomic mass is 32.1. The fourth-order valence-corrected chi connectivity index (χ4v) is 3.79. The normalized spacial score (nSPS) is 31.5. The second-order valence-corrected chi connectivity index (χ2v) is 6.10. The van der Waals surface area contributed by atoms with Gasteiger partial charge in [-0.25, -0.2) is 0 Å². The molecule has 2 saturated heterocycles. The quantitative estimate of drug-likeness (QED) is 0.872. The molecule has 2 unspecified atom stereocenters. The van der Waals surface area contributed by atoms with Crippen LogP contribution >= 0.6 is 11.3 Å². The molecule has 1 aromatic heterocycles. The van der Waals surface area contributed by atoms with E-state index in [1.165, 1.54) is 24.2 Å². The van der Waals surface area contributed by atoms with Crippen LogP contribution in [0, 0.1) is 0 Å². The third kappa shape index (κ3) is 2.11. The van der Waals surface area contributed by atoms with Crippen LogP contribution in [0.4, 0.5) is 0 Å². The van der Waals surface area contributed by atoms with Gasteiger partial charge >= 0.3 is 0 Å². The van der Waals surface area contributed by atoms with E-state index >= 15 is 0 Å². The van der Waals surface area contributed by atoms with Crippen molar-refractivity contribution in [2.24, 2.45) is 0 Å². The molecule has 92 valence electrons. The Bertz CT molecular complexity index is 392. The van der Waals surface area contributed by atoms with Gasteiger partial charge < -0.3 is 10.2 Å². The van der Waals surface area contributed by atoms with Crippen LogP contribution in [-0.4, -0.2) is 36.0 Å². The number of nitrogens with one attached hydrogen (secondary N) is 1. The molecule has 3 nitrogen and oxygen atoms in total. The largest absolute Gasteiger partial charge is 0.338 e. The van der Waals surface area contributed by atoms with Crippen molar-refractivity contribution in [2.75, 3.05) is 7.05 Å². The van der Waals surface area contributed by atoms with Crippen LogP contribution in [0.25, 0.3) is 0 Å². The monoisotopic (exact) mass is 250 g/mol. The van der Waals surface area contributed by atoms with Crippen LogP contribution in [0.3, 0.4) is 0 Å². The van der Waals surface area contributed by atoms with Crippen molar-refractivity contribution in [1.82, 2.24) is 10.2 Å². The number of amides is 1. The molecule has 0 saturated carbocycles. The number of carbonyl (C=O) groups is 1. The zero-order valence-electron chi connectivity index (χ0n) is 10.1. The van der Waals surface area contributed by atoms with Crippen molar-refractivity contribution < 1.29 is 4.79 Å². The van der Waals surface area contributed by atoms with Crippen molar-refractivity contribution in [3.05, 3.63) is 22.4 Å². The first-order valence-electron chi connectivity index (χ1n) is 6.31. The lowest BCUT2D eigenvalue weighted by Crippen LogP contribution is -2.48. The Morgan fingerprint density at radius 3 is 2.71 bits per heavy atom. The second-order valence-electron chi connectivity index (χ2n) is 5.16. The lowest BCUT2D eigenvalue weighted by atomic mass is 9.98. The lowest BCUT2D eigenvalue weighted by molar-refractivity contribution is 0.0686. The molecule has 2 aliphatic heterocycles. The molecule has 3 rings (SSSR count). The summed E-state index contributed by atoms with van der Waals surface area (Å²) in [4.78, 5) is 15.1. The first kappa shape index (κ1) is 11.2. The number of thiophene rings is 1. The Hall–Kier alpha value is -0.870. The fraction of sp³-hybridized carbons (Fsp3) is 0.615. The van der Waals surface area contributed by atoms with Gasteiger partial charge in [0.2, 0.25) is 0 Å². The average Bonchev–Trinajstić information content (AvgIpc) is 2.97. The Morgan fingerprint density at radius 2 is 2.12 bits per heavy atom. The van der Waals surface area contributed by atoms with E-state index in [-0.39, 0.29) is 5.91 Å². The van der Waals surface area contributed by atoms with Gasteiger partial charge in [0, 0.05) is 25.2 Å². The predicted octanol–water partition coefficient (Wildman–Crippen LogP) is 2.10. The molecule has 0 aromatic carbocycles. The van der Waals surface area contributed by atoms with Crippen LogP contribution in [0.2, 0.25) is 0 Å². The van der Waals surface area contributed by atoms with E-state index < -0.39 is 0 Å². The Morgan fingerprint density at radius 1 is 1.41 bits per heavy atom. The van der Waals surface area contributed by atoms with Crippen LogP contribution in [-0.2, 0) is 0 Å². The summed E-state index contributed by atoms with van der Waals surface area (Å²) in [5.41, 5.74) is 0. The summed E-state index contributed by atoms with van der Waals surface area (Å²) >= 11 is 1.53. The third-order valence-corrected chi connectivity index (χ3v) is 4.91. The van der Waals surface area contributed by atoms with E-state index in [9.17, 15) is 4.79 Å². The van der Waals surface area contributed by atoms with Crippen LogP contribution < -0.4 is 5.32 Å². The standard InChI is InChI=1S/C13H18N2OS/c1-15(13(16)12-3-2-6-17-12)11-7-9-4-5-10(8-11)14-9/h2-3,6,9-11,14H,4-5,7-8H2,1H3. The van der Waals surface area contributed by atoms with Crippen molar-refractivity contribution in [3.8, 4) is 0 Å². The number of hydrogen-bond donors (Lipinski definition) is 1. The Kier molecular flexibility index (Phi) is 2.92. The van der Waals surface area contributed by atoms with Crippen molar-refractivity contribution in [3.63, 3.8) is 0 Å². The minimum atomic E-state index is 0.186. The molecule has 2 bridgehead atoms. The van der Waals surface area contributed by atoms with Crippen molar-refractivity contribution in [2.45, 2.75) is 43.8 Å². The van der Waals surface area contributed by atoms with Crippen LogP contribution in [0.1, 0.15) is 35.4 Å². The third-order valence-electron chi connectivity index (χ3n) is 4.05. The SMILES string of the molecule is CN(C(=O)c1cccs1)C1CC2CCC(C1)N2. The molecule has 1 N–H and O–H groups in total. The molecule has 1 amide bonds. The summed E-state index contributed by atoms with van der Waals surface area (Å²) in [7, 11) is 1.96. The number of hydrogen-bond acceptors (Lipinski definition) is 3. The molecule has 0 aliphatic carbocycles. The van der Waals surface area contributed by atoms with Gasteiger partial charge in [-0.1, -0.05) is 6.07 Å². The molecule has 2 atom stereocenters. The predicted molar refractivity (Wildman–Crippen MR) is 69.4 cm³/mol. The molecule has 4 heteroatoms. The number of fused-ring (bicyclic) bond motifs is 2. The van der Waals surface area contributed by atoms with Crippen molar-refractivity contribution >= 4 is 17.2 Å². The van der Waals surface area contributed by atoms with Gasteiger partial charge in [0.15, 0.2) is 0 Å². The van der Waals surface area contributed by atoms with Gasteiger partial charge in [-0.15, -0.1) is 11.3 Å². The molecular weight excluding hydrogens is 232 g/mol. The van der Waals surface area contributed by atoms with Gasteiger partial charge in [0.05, 0.1) is 4.88 Å². The summed E-state index contributed by atoms with van der Waals surface area (Å²) in [6, 6.07) is 5.55. The number of nitrogens with zero attached hydrogens (tertiary/aromatic N) is 1. The molecule has 1 aromatic rings. The van der Waals surface area contributed by atoms with E-state index in [2.05, 4.69) is 5.32 Å². The maximum atomic E-state index is 12.3. The lowest BCUT2D eigenvalue weighted by Gasteiger charge is -2.35. The minimum absolute atomic E-state index is 0.186. The van der Waals surface area contributed by atoms with E-state index in [4.69, 9.17) is 0 Å². The molecule has 0 radical (unpaired) electrons.